The highest BCUT2D eigenvalue weighted by molar-refractivity contribution is 9.10. The van der Waals surface area contributed by atoms with E-state index in [9.17, 15) is 9.50 Å². The summed E-state index contributed by atoms with van der Waals surface area (Å²) in [6.45, 7) is 0. The average molecular weight is 402 g/mol. The van der Waals surface area contributed by atoms with Crippen LogP contribution < -0.4 is 4.74 Å². The lowest BCUT2D eigenvalue weighted by atomic mass is 9.95. The summed E-state index contributed by atoms with van der Waals surface area (Å²) in [6.07, 6.45) is -0.807. The number of hydrogen-bond donors (Lipinski definition) is 1. The lowest BCUT2D eigenvalue weighted by Crippen LogP contribution is -2.20. The molecule has 1 aliphatic heterocycles. The van der Waals surface area contributed by atoms with E-state index >= 15 is 0 Å². The number of rotatable bonds is 1. The maximum atomic E-state index is 14.0. The van der Waals surface area contributed by atoms with Gasteiger partial charge in [-0.25, -0.2) is 4.39 Å². The van der Waals surface area contributed by atoms with Crippen LogP contribution in [0.1, 0.15) is 29.8 Å². The van der Waals surface area contributed by atoms with Gasteiger partial charge in [0.1, 0.15) is 17.7 Å². The lowest BCUT2D eigenvalue weighted by molar-refractivity contribution is 0.0639. The van der Waals surface area contributed by atoms with Crippen molar-refractivity contribution in [1.29, 1.82) is 0 Å². The van der Waals surface area contributed by atoms with Crippen LogP contribution in [0.5, 0.6) is 5.75 Å². The van der Waals surface area contributed by atoms with Crippen molar-refractivity contribution in [3.05, 3.63) is 62.3 Å². The van der Waals surface area contributed by atoms with E-state index in [0.29, 0.717) is 22.2 Å². The standard InChI is InChI=1S/C15H11Br2FO2/c16-8-2-4-14-11(5-8)13(19)7-15(20-14)10-3-1-9(17)6-12(10)18/h1-6,13,15,19H,7H2/t13-,15?/m1/s1. The molecule has 2 aromatic rings. The molecule has 0 aromatic heterocycles. The van der Waals surface area contributed by atoms with Crippen LogP contribution in [0.15, 0.2) is 45.3 Å². The minimum Gasteiger partial charge on any atom is -0.485 e. The molecule has 3 rings (SSSR count). The lowest BCUT2D eigenvalue weighted by Gasteiger charge is -2.30. The molecule has 2 atom stereocenters. The van der Waals surface area contributed by atoms with Crippen molar-refractivity contribution in [1.82, 2.24) is 0 Å². The maximum Gasteiger partial charge on any atom is 0.131 e. The van der Waals surface area contributed by atoms with Gasteiger partial charge >= 0.3 is 0 Å². The number of aliphatic hydroxyl groups excluding tert-OH is 1. The van der Waals surface area contributed by atoms with Crippen molar-refractivity contribution in [2.75, 3.05) is 0 Å². The molecule has 0 spiro atoms. The molecule has 0 saturated carbocycles. The Hall–Kier alpha value is -0.910. The molecule has 104 valence electrons. The second-order valence-electron chi connectivity index (χ2n) is 4.71. The molecular weight excluding hydrogens is 391 g/mol. The molecule has 0 fully saturated rings. The highest BCUT2D eigenvalue weighted by atomic mass is 79.9. The fourth-order valence-corrected chi connectivity index (χ4v) is 3.08. The first-order chi connectivity index (χ1) is 9.54. The van der Waals surface area contributed by atoms with Gasteiger partial charge in [-0.1, -0.05) is 37.9 Å². The number of aliphatic hydroxyl groups is 1. The van der Waals surface area contributed by atoms with E-state index in [1.165, 1.54) is 6.07 Å². The summed E-state index contributed by atoms with van der Waals surface area (Å²) in [5.41, 5.74) is 1.19. The minimum absolute atomic E-state index is 0.335. The zero-order valence-electron chi connectivity index (χ0n) is 10.3. The van der Waals surface area contributed by atoms with Gasteiger partial charge in [-0.15, -0.1) is 0 Å². The molecule has 1 aliphatic rings. The van der Waals surface area contributed by atoms with Crippen LogP contribution in [-0.2, 0) is 0 Å². The molecular formula is C15H11Br2FO2. The van der Waals surface area contributed by atoms with Gasteiger partial charge in [-0.2, -0.15) is 0 Å². The molecule has 1 unspecified atom stereocenters. The van der Waals surface area contributed by atoms with Gasteiger partial charge in [-0.3, -0.25) is 0 Å². The number of ether oxygens (including phenoxy) is 1. The largest absolute Gasteiger partial charge is 0.485 e. The van der Waals surface area contributed by atoms with Crippen molar-refractivity contribution in [3.8, 4) is 5.75 Å². The summed E-state index contributed by atoms with van der Waals surface area (Å²) in [7, 11) is 0. The van der Waals surface area contributed by atoms with Gasteiger partial charge in [0.05, 0.1) is 6.10 Å². The van der Waals surface area contributed by atoms with Crippen LogP contribution in [0.4, 0.5) is 4.39 Å². The summed E-state index contributed by atoms with van der Waals surface area (Å²) in [5.74, 6) is 0.261. The van der Waals surface area contributed by atoms with E-state index in [-0.39, 0.29) is 5.82 Å². The van der Waals surface area contributed by atoms with Crippen LogP contribution in [0.2, 0.25) is 0 Å². The van der Waals surface area contributed by atoms with Gasteiger partial charge in [0.2, 0.25) is 0 Å². The van der Waals surface area contributed by atoms with Crippen LogP contribution in [0.25, 0.3) is 0 Å². The van der Waals surface area contributed by atoms with Gasteiger partial charge in [-0.05, 0) is 30.3 Å². The Morgan fingerprint density at radius 1 is 1.05 bits per heavy atom. The highest BCUT2D eigenvalue weighted by Crippen LogP contribution is 2.42. The summed E-state index contributed by atoms with van der Waals surface area (Å²) >= 11 is 6.60. The molecule has 0 amide bonds. The third-order valence-electron chi connectivity index (χ3n) is 3.35. The normalized spacial score (nSPS) is 21.2. The van der Waals surface area contributed by atoms with Gasteiger partial charge in [0.15, 0.2) is 0 Å². The Bertz CT molecular complexity index is 660. The van der Waals surface area contributed by atoms with Crippen LogP contribution in [0.3, 0.4) is 0 Å². The topological polar surface area (TPSA) is 29.5 Å². The minimum atomic E-state index is -0.663. The molecule has 0 radical (unpaired) electrons. The second kappa shape index (κ2) is 5.47. The van der Waals surface area contributed by atoms with Crippen molar-refractivity contribution in [2.45, 2.75) is 18.6 Å². The van der Waals surface area contributed by atoms with Crippen molar-refractivity contribution in [3.63, 3.8) is 0 Å². The number of halogens is 3. The van der Waals surface area contributed by atoms with Crippen LogP contribution in [-0.4, -0.2) is 5.11 Å². The Balaban J connectivity index is 1.97. The predicted octanol–water partition coefficient (Wildman–Crippen LogP) is 4.91. The molecule has 0 aliphatic carbocycles. The fraction of sp³-hybridized carbons (Fsp3) is 0.200. The molecule has 1 heterocycles. The Labute approximate surface area is 132 Å². The predicted molar refractivity (Wildman–Crippen MR) is 81.2 cm³/mol. The van der Waals surface area contributed by atoms with Crippen molar-refractivity contribution in [2.24, 2.45) is 0 Å². The molecule has 0 bridgehead atoms. The molecule has 20 heavy (non-hydrogen) atoms. The summed E-state index contributed by atoms with van der Waals surface area (Å²) in [5, 5.41) is 10.2. The SMILES string of the molecule is O[C@@H]1CC(c2ccc(Br)cc2F)Oc2ccc(Br)cc21. The van der Waals surface area contributed by atoms with Crippen molar-refractivity contribution < 1.29 is 14.2 Å². The van der Waals surface area contributed by atoms with E-state index in [4.69, 9.17) is 4.74 Å². The summed E-state index contributed by atoms with van der Waals surface area (Å²) in [6, 6.07) is 10.3. The van der Waals surface area contributed by atoms with E-state index in [1.807, 2.05) is 12.1 Å². The Morgan fingerprint density at radius 3 is 2.50 bits per heavy atom. The first kappa shape index (κ1) is 14.0. The number of benzene rings is 2. The van der Waals surface area contributed by atoms with E-state index < -0.39 is 12.2 Å². The monoisotopic (exact) mass is 400 g/mol. The van der Waals surface area contributed by atoms with E-state index in [0.717, 1.165) is 10.0 Å². The third kappa shape index (κ3) is 2.62. The maximum absolute atomic E-state index is 14.0. The van der Waals surface area contributed by atoms with E-state index in [2.05, 4.69) is 31.9 Å². The van der Waals surface area contributed by atoms with E-state index in [1.54, 1.807) is 18.2 Å². The number of hydrogen-bond acceptors (Lipinski definition) is 2. The zero-order valence-corrected chi connectivity index (χ0v) is 13.5. The highest BCUT2D eigenvalue weighted by Gasteiger charge is 2.29. The Morgan fingerprint density at radius 2 is 1.75 bits per heavy atom. The Kier molecular flexibility index (Phi) is 3.84. The quantitative estimate of drug-likeness (QED) is 0.735. The van der Waals surface area contributed by atoms with Gasteiger partial charge in [0.25, 0.3) is 0 Å². The molecule has 2 aromatic carbocycles. The molecule has 1 N–H and O–H groups in total. The second-order valence-corrected chi connectivity index (χ2v) is 6.54. The number of fused-ring (bicyclic) bond motifs is 1. The molecule has 2 nitrogen and oxygen atoms in total. The van der Waals surface area contributed by atoms with Gasteiger partial charge < -0.3 is 9.84 Å². The van der Waals surface area contributed by atoms with Crippen LogP contribution >= 0.6 is 31.9 Å². The summed E-state index contributed by atoms with van der Waals surface area (Å²) < 4.78 is 21.4. The molecule has 0 saturated heterocycles. The first-order valence-corrected chi connectivity index (χ1v) is 7.72. The zero-order chi connectivity index (χ0) is 14.3. The smallest absolute Gasteiger partial charge is 0.131 e. The van der Waals surface area contributed by atoms with Gasteiger partial charge in [0, 0.05) is 26.5 Å². The third-order valence-corrected chi connectivity index (χ3v) is 4.33. The average Bonchev–Trinajstić information content (AvgIpc) is 2.39. The van der Waals surface area contributed by atoms with Crippen LogP contribution in [0, 0.1) is 5.82 Å². The fourth-order valence-electron chi connectivity index (χ4n) is 2.37. The summed E-state index contributed by atoms with van der Waals surface area (Å²) in [4.78, 5) is 0. The first-order valence-electron chi connectivity index (χ1n) is 6.13. The van der Waals surface area contributed by atoms with Crippen molar-refractivity contribution >= 4 is 31.9 Å². The molecule has 5 heteroatoms.